The van der Waals surface area contributed by atoms with Crippen molar-refractivity contribution in [2.24, 2.45) is 28.6 Å². The zero-order chi connectivity index (χ0) is 18.9. The van der Waals surface area contributed by atoms with E-state index in [4.69, 9.17) is 4.74 Å². The van der Waals surface area contributed by atoms with Gasteiger partial charge in [-0.05, 0) is 61.2 Å². The summed E-state index contributed by atoms with van der Waals surface area (Å²) in [6, 6.07) is 0. The number of allylic oxidation sites excluding steroid dienone is 3. The Bertz CT molecular complexity index is 709. The molecule has 3 saturated carbocycles. The Kier molecular flexibility index (Phi) is 3.98. The Balaban J connectivity index is 1.72. The number of hydrogen-bond donors (Lipinski definition) is 2. The molecule has 4 aliphatic rings. The van der Waals surface area contributed by atoms with Crippen molar-refractivity contribution >= 4 is 11.8 Å². The molecule has 0 amide bonds. The lowest BCUT2D eigenvalue weighted by atomic mass is 9.47. The maximum Gasteiger partial charge on any atom is 0.302 e. The van der Waals surface area contributed by atoms with Crippen molar-refractivity contribution < 1.29 is 24.5 Å². The van der Waals surface area contributed by atoms with Crippen molar-refractivity contribution in [1.29, 1.82) is 0 Å². The second-order valence-corrected chi connectivity index (χ2v) is 9.06. The summed E-state index contributed by atoms with van der Waals surface area (Å²) in [5.74, 6) is -0.0811. The minimum absolute atomic E-state index is 0.0655. The van der Waals surface area contributed by atoms with E-state index < -0.39 is 17.6 Å². The molecular formula is C21H28O5. The van der Waals surface area contributed by atoms with E-state index in [1.54, 1.807) is 6.08 Å². The lowest BCUT2D eigenvalue weighted by Gasteiger charge is -2.59. The molecule has 0 aromatic carbocycles. The van der Waals surface area contributed by atoms with Crippen LogP contribution in [0.2, 0.25) is 0 Å². The summed E-state index contributed by atoms with van der Waals surface area (Å²) < 4.78 is 5.62. The van der Waals surface area contributed by atoms with Gasteiger partial charge in [-0.1, -0.05) is 19.9 Å². The SMILES string of the molecule is CC(=O)O[C@H]1CC[C@H]2[C@@H]3[C@@H](O)[C@@H](O)C4=CC(=O)C=C[C@]4(C)[C@H]3CC[C@]12C. The predicted octanol–water partition coefficient (Wildman–Crippen LogP) is 2.17. The maximum atomic E-state index is 11.8. The van der Waals surface area contributed by atoms with Gasteiger partial charge in [-0.15, -0.1) is 0 Å². The molecule has 2 N–H and O–H groups in total. The molecule has 0 unspecified atom stereocenters. The van der Waals surface area contributed by atoms with Gasteiger partial charge in [-0.2, -0.15) is 0 Å². The van der Waals surface area contributed by atoms with Crippen LogP contribution < -0.4 is 0 Å². The van der Waals surface area contributed by atoms with Crippen molar-refractivity contribution in [2.75, 3.05) is 0 Å². The smallest absolute Gasteiger partial charge is 0.302 e. The number of ketones is 1. The first-order valence-electron chi connectivity index (χ1n) is 9.67. The van der Waals surface area contributed by atoms with E-state index in [2.05, 4.69) is 13.8 Å². The second-order valence-electron chi connectivity index (χ2n) is 9.06. The van der Waals surface area contributed by atoms with Gasteiger partial charge >= 0.3 is 5.97 Å². The van der Waals surface area contributed by atoms with Crippen LogP contribution in [0.1, 0.15) is 46.5 Å². The van der Waals surface area contributed by atoms with E-state index in [1.165, 1.54) is 13.0 Å². The third-order valence-electron chi connectivity index (χ3n) is 7.87. The fraction of sp³-hybridized carbons (Fsp3) is 0.714. The summed E-state index contributed by atoms with van der Waals surface area (Å²) in [6.45, 7) is 5.70. The average Bonchev–Trinajstić information content (AvgIpc) is 2.90. The maximum absolute atomic E-state index is 11.8. The molecule has 0 spiro atoms. The second kappa shape index (κ2) is 5.77. The quantitative estimate of drug-likeness (QED) is 0.700. The molecule has 5 nitrogen and oxygen atoms in total. The highest BCUT2D eigenvalue weighted by atomic mass is 16.5. The van der Waals surface area contributed by atoms with Gasteiger partial charge in [0, 0.05) is 17.8 Å². The zero-order valence-corrected chi connectivity index (χ0v) is 15.6. The predicted molar refractivity (Wildman–Crippen MR) is 94.9 cm³/mol. The van der Waals surface area contributed by atoms with Crippen LogP contribution in [0.25, 0.3) is 0 Å². The first-order valence-corrected chi connectivity index (χ1v) is 9.67. The molecule has 0 bridgehead atoms. The van der Waals surface area contributed by atoms with Crippen molar-refractivity contribution in [2.45, 2.75) is 64.8 Å². The highest BCUT2D eigenvalue weighted by Gasteiger charge is 2.63. The molecule has 26 heavy (non-hydrogen) atoms. The van der Waals surface area contributed by atoms with Gasteiger partial charge in [0.15, 0.2) is 5.78 Å². The minimum Gasteiger partial charge on any atom is -0.462 e. The number of carbonyl (C=O) groups is 2. The van der Waals surface area contributed by atoms with Gasteiger partial charge in [0.25, 0.3) is 0 Å². The highest BCUT2D eigenvalue weighted by molar-refractivity contribution is 6.01. The Morgan fingerprint density at radius 3 is 2.62 bits per heavy atom. The molecule has 0 aliphatic heterocycles. The van der Waals surface area contributed by atoms with Gasteiger partial charge in [0.2, 0.25) is 0 Å². The summed E-state index contributed by atoms with van der Waals surface area (Å²) in [4.78, 5) is 23.4. The Labute approximate surface area is 154 Å². The average molecular weight is 360 g/mol. The van der Waals surface area contributed by atoms with Crippen molar-refractivity contribution in [1.82, 2.24) is 0 Å². The molecule has 142 valence electrons. The number of ether oxygens (including phenoxy) is 1. The molecule has 0 radical (unpaired) electrons. The molecule has 0 aromatic rings. The molecule has 0 aromatic heterocycles. The molecular weight excluding hydrogens is 332 g/mol. The molecule has 0 saturated heterocycles. The van der Waals surface area contributed by atoms with Crippen LogP contribution in [0, 0.1) is 28.6 Å². The number of esters is 1. The van der Waals surface area contributed by atoms with Crippen LogP contribution in [-0.4, -0.2) is 40.3 Å². The molecule has 4 aliphatic carbocycles. The fourth-order valence-electron chi connectivity index (χ4n) is 6.56. The number of aliphatic hydroxyl groups is 2. The van der Waals surface area contributed by atoms with Gasteiger partial charge in [-0.25, -0.2) is 0 Å². The van der Waals surface area contributed by atoms with Crippen LogP contribution in [0.3, 0.4) is 0 Å². The van der Waals surface area contributed by atoms with Crippen molar-refractivity contribution in [3.05, 3.63) is 23.8 Å². The third-order valence-corrected chi connectivity index (χ3v) is 7.87. The molecule has 4 rings (SSSR count). The largest absolute Gasteiger partial charge is 0.462 e. The standard InChI is InChI=1S/C21H28O5/c1-11(22)26-16-5-4-13-17-14(7-9-21(13,16)3)20(2)8-6-12(23)10-15(20)18(24)19(17)25/h6,8,10,13-14,16-19,24-25H,4-5,7,9H2,1-3H3/t13-,14-,16-,17-,18-,19+,20+,21-/m0/s1. The molecule has 8 atom stereocenters. The summed E-state index contributed by atoms with van der Waals surface area (Å²) >= 11 is 0. The van der Waals surface area contributed by atoms with Crippen LogP contribution in [0.15, 0.2) is 23.8 Å². The fourth-order valence-corrected chi connectivity index (χ4v) is 6.56. The van der Waals surface area contributed by atoms with Crippen LogP contribution in [-0.2, 0) is 14.3 Å². The van der Waals surface area contributed by atoms with E-state index in [1.807, 2.05) is 6.08 Å². The lowest BCUT2D eigenvalue weighted by Crippen LogP contribution is -2.60. The molecule has 3 fully saturated rings. The summed E-state index contributed by atoms with van der Waals surface area (Å²) in [6.07, 6.45) is 6.49. The molecule has 5 heteroatoms. The summed E-state index contributed by atoms with van der Waals surface area (Å²) in [7, 11) is 0. The van der Waals surface area contributed by atoms with Crippen LogP contribution in [0.5, 0.6) is 0 Å². The van der Waals surface area contributed by atoms with E-state index in [0.717, 1.165) is 25.7 Å². The Hall–Kier alpha value is -1.46. The van der Waals surface area contributed by atoms with Gasteiger partial charge in [0.1, 0.15) is 12.2 Å². The highest BCUT2D eigenvalue weighted by Crippen LogP contribution is 2.64. The van der Waals surface area contributed by atoms with E-state index in [9.17, 15) is 19.8 Å². The molecule has 0 heterocycles. The van der Waals surface area contributed by atoms with Crippen LogP contribution in [0.4, 0.5) is 0 Å². The summed E-state index contributed by atoms with van der Waals surface area (Å²) in [5, 5.41) is 21.8. The minimum atomic E-state index is -1.02. The zero-order valence-electron chi connectivity index (χ0n) is 15.6. The Morgan fingerprint density at radius 2 is 1.92 bits per heavy atom. The summed E-state index contributed by atoms with van der Waals surface area (Å²) in [5.41, 5.74) is 0.0779. The van der Waals surface area contributed by atoms with Gasteiger partial charge in [-0.3, -0.25) is 9.59 Å². The van der Waals surface area contributed by atoms with E-state index in [-0.39, 0.29) is 41.0 Å². The first-order chi connectivity index (χ1) is 12.2. The lowest BCUT2D eigenvalue weighted by molar-refractivity contribution is -0.166. The number of fused-ring (bicyclic) bond motifs is 5. The normalized spacial score (nSPS) is 49.7. The number of hydrogen-bond acceptors (Lipinski definition) is 5. The van der Waals surface area contributed by atoms with E-state index >= 15 is 0 Å². The monoisotopic (exact) mass is 360 g/mol. The first kappa shape index (κ1) is 17.9. The van der Waals surface area contributed by atoms with Gasteiger partial charge in [0.05, 0.1) is 6.10 Å². The van der Waals surface area contributed by atoms with E-state index in [0.29, 0.717) is 5.57 Å². The Morgan fingerprint density at radius 1 is 1.19 bits per heavy atom. The topological polar surface area (TPSA) is 83.8 Å². The van der Waals surface area contributed by atoms with Gasteiger partial charge < -0.3 is 14.9 Å². The number of aliphatic hydroxyl groups excluding tert-OH is 2. The number of rotatable bonds is 1. The van der Waals surface area contributed by atoms with Crippen molar-refractivity contribution in [3.8, 4) is 0 Å². The van der Waals surface area contributed by atoms with Crippen molar-refractivity contribution in [3.63, 3.8) is 0 Å². The third kappa shape index (κ3) is 2.29. The van der Waals surface area contributed by atoms with Crippen LogP contribution >= 0.6 is 0 Å². The number of carbonyl (C=O) groups excluding carboxylic acids is 2.